The number of nitrogen functional groups attached to an aromatic ring is 1. The van der Waals surface area contributed by atoms with E-state index in [0.717, 1.165) is 24.5 Å². The third kappa shape index (κ3) is 3.03. The molecule has 10 nitrogen and oxygen atoms in total. The van der Waals surface area contributed by atoms with E-state index < -0.39 is 5.91 Å². The minimum absolute atomic E-state index is 0.0737. The lowest BCUT2D eigenvalue weighted by molar-refractivity contribution is 0.102. The van der Waals surface area contributed by atoms with Crippen molar-refractivity contribution >= 4 is 40.3 Å². The maximum Gasteiger partial charge on any atom is 0.263 e. The van der Waals surface area contributed by atoms with Crippen LogP contribution >= 0.6 is 11.6 Å². The highest BCUT2D eigenvalue weighted by Crippen LogP contribution is 2.29. The molecule has 1 aliphatic heterocycles. The Bertz CT molecular complexity index is 1230. The van der Waals surface area contributed by atoms with Gasteiger partial charge in [0.15, 0.2) is 11.5 Å². The van der Waals surface area contributed by atoms with Crippen LogP contribution in [0.2, 0.25) is 5.02 Å². The molecule has 0 atom stereocenters. The molecule has 1 amide bonds. The fourth-order valence-corrected chi connectivity index (χ4v) is 3.62. The summed E-state index contributed by atoms with van der Waals surface area (Å²) in [5.74, 6) is -0.340. The van der Waals surface area contributed by atoms with Crippen molar-refractivity contribution in [2.45, 2.75) is 13.1 Å². The Kier molecular flexibility index (Phi) is 4.06. The highest BCUT2D eigenvalue weighted by molar-refractivity contribution is 6.30. The van der Waals surface area contributed by atoms with Gasteiger partial charge in [-0.2, -0.15) is 0 Å². The van der Waals surface area contributed by atoms with Gasteiger partial charge in [0, 0.05) is 31.7 Å². The number of carbonyl (C=O) groups excluding carboxylic acids is 1. The number of hydrogen-bond acceptors (Lipinski definition) is 7. The largest absolute Gasteiger partial charge is 0.381 e. The van der Waals surface area contributed by atoms with Gasteiger partial charge in [-0.15, -0.1) is 5.10 Å². The van der Waals surface area contributed by atoms with Crippen molar-refractivity contribution in [2.75, 3.05) is 22.5 Å². The Morgan fingerprint density at radius 1 is 1.21 bits per heavy atom. The van der Waals surface area contributed by atoms with E-state index in [2.05, 4.69) is 34.8 Å². The first-order chi connectivity index (χ1) is 14.1. The van der Waals surface area contributed by atoms with E-state index in [1.807, 2.05) is 18.6 Å². The molecule has 1 aliphatic rings. The summed E-state index contributed by atoms with van der Waals surface area (Å²) in [6, 6.07) is 1.87. The standard InChI is InChI=1S/C18H16ClN9O/c19-11-5-23-17-15(16(20)25-28(17)8-11)18(29)24-13-7-21-2-1-14(13)26-3-4-27-10-22-6-12(27)9-26/h1-2,5-8,10H,3-4,9H2,(H2,20,25)(H,24,29). The molecule has 4 aromatic rings. The van der Waals surface area contributed by atoms with Gasteiger partial charge in [-0.05, 0) is 6.07 Å². The Morgan fingerprint density at radius 3 is 3.00 bits per heavy atom. The van der Waals surface area contributed by atoms with Crippen molar-refractivity contribution in [2.24, 2.45) is 0 Å². The predicted octanol–water partition coefficient (Wildman–Crippen LogP) is 1.83. The molecule has 0 aliphatic carbocycles. The molecule has 0 aromatic carbocycles. The molecule has 0 unspecified atom stereocenters. The Hall–Kier alpha value is -3.66. The third-order valence-corrected chi connectivity index (χ3v) is 5.04. The molecule has 3 N–H and O–H groups in total. The maximum absolute atomic E-state index is 13.0. The number of aromatic nitrogens is 6. The average Bonchev–Trinajstić information content (AvgIpc) is 3.30. The lowest BCUT2D eigenvalue weighted by atomic mass is 10.2. The quantitative estimate of drug-likeness (QED) is 0.529. The SMILES string of the molecule is Nc1nn2cc(Cl)cnc2c1C(=O)Nc1cnccc1N1CCn2cncc2C1. The average molecular weight is 410 g/mol. The number of hydrogen-bond donors (Lipinski definition) is 2. The highest BCUT2D eigenvalue weighted by Gasteiger charge is 2.23. The number of fused-ring (bicyclic) bond motifs is 2. The number of carbonyl (C=O) groups is 1. The summed E-state index contributed by atoms with van der Waals surface area (Å²) in [6.45, 7) is 2.29. The molecule has 146 valence electrons. The Morgan fingerprint density at radius 2 is 2.10 bits per heavy atom. The molecular formula is C18H16ClN9O. The second-order valence-electron chi connectivity index (χ2n) is 6.65. The molecule has 0 fully saturated rings. The number of nitrogens with one attached hydrogen (secondary N) is 1. The van der Waals surface area contributed by atoms with Crippen LogP contribution < -0.4 is 16.0 Å². The zero-order valence-electron chi connectivity index (χ0n) is 15.2. The number of nitrogens with two attached hydrogens (primary N) is 1. The lowest BCUT2D eigenvalue weighted by Gasteiger charge is -2.31. The van der Waals surface area contributed by atoms with Crippen LogP contribution in [0.25, 0.3) is 5.65 Å². The summed E-state index contributed by atoms with van der Waals surface area (Å²) < 4.78 is 3.51. The monoisotopic (exact) mass is 409 g/mol. The highest BCUT2D eigenvalue weighted by atomic mass is 35.5. The molecule has 11 heteroatoms. The van der Waals surface area contributed by atoms with Crippen LogP contribution in [-0.2, 0) is 13.1 Å². The summed E-state index contributed by atoms with van der Waals surface area (Å²) >= 11 is 5.94. The van der Waals surface area contributed by atoms with Gasteiger partial charge in [0.05, 0.1) is 47.4 Å². The van der Waals surface area contributed by atoms with Crippen molar-refractivity contribution in [3.63, 3.8) is 0 Å². The normalized spacial score (nSPS) is 13.5. The summed E-state index contributed by atoms with van der Waals surface area (Å²) in [5.41, 5.74) is 9.05. The zero-order chi connectivity index (χ0) is 20.0. The molecule has 0 bridgehead atoms. The molecular weight excluding hydrogens is 394 g/mol. The number of amides is 1. The number of halogens is 1. The molecule has 0 saturated carbocycles. The Labute approximate surface area is 169 Å². The summed E-state index contributed by atoms with van der Waals surface area (Å²) in [5, 5.41) is 7.42. The van der Waals surface area contributed by atoms with Crippen molar-refractivity contribution < 1.29 is 4.79 Å². The first-order valence-electron chi connectivity index (χ1n) is 8.89. The molecule has 5 heterocycles. The molecule has 5 rings (SSSR count). The van der Waals surface area contributed by atoms with Crippen molar-refractivity contribution in [3.8, 4) is 0 Å². The predicted molar refractivity (Wildman–Crippen MR) is 108 cm³/mol. The maximum atomic E-state index is 13.0. The first kappa shape index (κ1) is 17.4. The van der Waals surface area contributed by atoms with Crippen LogP contribution in [0.4, 0.5) is 17.2 Å². The number of pyridine rings is 1. The van der Waals surface area contributed by atoms with Gasteiger partial charge in [-0.1, -0.05) is 11.6 Å². The molecule has 0 radical (unpaired) electrons. The third-order valence-electron chi connectivity index (χ3n) is 4.84. The number of anilines is 3. The van der Waals surface area contributed by atoms with E-state index in [4.69, 9.17) is 17.3 Å². The van der Waals surface area contributed by atoms with Crippen molar-refractivity contribution in [3.05, 3.63) is 59.7 Å². The van der Waals surface area contributed by atoms with Crippen LogP contribution in [0, 0.1) is 0 Å². The zero-order valence-corrected chi connectivity index (χ0v) is 15.9. The minimum Gasteiger partial charge on any atom is -0.381 e. The van der Waals surface area contributed by atoms with Gasteiger partial charge in [-0.25, -0.2) is 14.5 Å². The van der Waals surface area contributed by atoms with Crippen LogP contribution in [0.15, 0.2) is 43.4 Å². The van der Waals surface area contributed by atoms with Gasteiger partial charge >= 0.3 is 0 Å². The van der Waals surface area contributed by atoms with Gasteiger partial charge in [-0.3, -0.25) is 9.78 Å². The summed E-state index contributed by atoms with van der Waals surface area (Å²) in [6.07, 6.45) is 9.98. The number of rotatable bonds is 3. The minimum atomic E-state index is -0.413. The smallest absolute Gasteiger partial charge is 0.263 e. The van der Waals surface area contributed by atoms with Crippen molar-refractivity contribution in [1.82, 2.24) is 29.1 Å². The van der Waals surface area contributed by atoms with Crippen LogP contribution in [0.5, 0.6) is 0 Å². The molecule has 4 aromatic heterocycles. The summed E-state index contributed by atoms with van der Waals surface area (Å²) in [7, 11) is 0. The topological polar surface area (TPSA) is 119 Å². The fourth-order valence-electron chi connectivity index (χ4n) is 3.48. The molecule has 0 saturated heterocycles. The van der Waals surface area contributed by atoms with Crippen LogP contribution in [0.1, 0.15) is 16.1 Å². The van der Waals surface area contributed by atoms with E-state index in [1.54, 1.807) is 18.6 Å². The van der Waals surface area contributed by atoms with Crippen LogP contribution in [0.3, 0.4) is 0 Å². The van der Waals surface area contributed by atoms with E-state index >= 15 is 0 Å². The van der Waals surface area contributed by atoms with Gasteiger partial charge in [0.1, 0.15) is 5.56 Å². The first-order valence-corrected chi connectivity index (χ1v) is 9.26. The Balaban J connectivity index is 1.46. The van der Waals surface area contributed by atoms with Gasteiger partial charge < -0.3 is 20.5 Å². The number of imidazole rings is 1. The van der Waals surface area contributed by atoms with E-state index in [9.17, 15) is 4.79 Å². The fraction of sp³-hybridized carbons (Fsp3) is 0.167. The van der Waals surface area contributed by atoms with E-state index in [0.29, 0.717) is 22.9 Å². The molecule has 29 heavy (non-hydrogen) atoms. The van der Waals surface area contributed by atoms with E-state index in [-0.39, 0.29) is 11.4 Å². The van der Waals surface area contributed by atoms with Gasteiger partial charge in [0.2, 0.25) is 0 Å². The second-order valence-corrected chi connectivity index (χ2v) is 7.08. The van der Waals surface area contributed by atoms with Gasteiger partial charge in [0.25, 0.3) is 5.91 Å². The summed E-state index contributed by atoms with van der Waals surface area (Å²) in [4.78, 5) is 27.7. The second kappa shape index (κ2) is 6.74. The number of nitrogens with zero attached hydrogens (tertiary/aromatic N) is 7. The van der Waals surface area contributed by atoms with Crippen molar-refractivity contribution in [1.29, 1.82) is 0 Å². The van der Waals surface area contributed by atoms with E-state index in [1.165, 1.54) is 10.7 Å². The lowest BCUT2D eigenvalue weighted by Crippen LogP contribution is -2.33. The van der Waals surface area contributed by atoms with Crippen LogP contribution in [-0.4, -0.2) is 41.6 Å². The molecule has 0 spiro atoms.